The minimum absolute atomic E-state index is 0.153. The van der Waals surface area contributed by atoms with E-state index in [0.717, 1.165) is 15.7 Å². The standard InChI is InChI=1S/C13H19F2N3O2S/c1-10-2-5-16-12(8-10)17-9-11-3-6-18(7-4-11)21(19,20)13(14)15/h2,5,8,11,13H,3-4,6-7,9H2,1H3,(H,16,17). The summed E-state index contributed by atoms with van der Waals surface area (Å²) in [6, 6.07) is 3.83. The van der Waals surface area contributed by atoms with Crippen LogP contribution in [0.5, 0.6) is 0 Å². The summed E-state index contributed by atoms with van der Waals surface area (Å²) in [5, 5.41) is 3.20. The Morgan fingerprint density at radius 1 is 1.43 bits per heavy atom. The minimum atomic E-state index is -4.43. The van der Waals surface area contributed by atoms with Crippen molar-refractivity contribution in [3.05, 3.63) is 23.9 Å². The van der Waals surface area contributed by atoms with Gasteiger partial charge in [0.1, 0.15) is 5.82 Å². The number of rotatable bonds is 5. The summed E-state index contributed by atoms with van der Waals surface area (Å²) in [5.41, 5.74) is 1.10. The molecule has 21 heavy (non-hydrogen) atoms. The first-order valence-electron chi connectivity index (χ1n) is 6.83. The summed E-state index contributed by atoms with van der Waals surface area (Å²) in [6.07, 6.45) is 2.87. The molecule has 0 amide bonds. The van der Waals surface area contributed by atoms with Crippen molar-refractivity contribution in [2.24, 2.45) is 5.92 Å². The third-order valence-electron chi connectivity index (χ3n) is 3.65. The number of hydrogen-bond acceptors (Lipinski definition) is 4. The minimum Gasteiger partial charge on any atom is -0.370 e. The molecular weight excluding hydrogens is 300 g/mol. The maximum absolute atomic E-state index is 12.5. The van der Waals surface area contributed by atoms with Gasteiger partial charge in [0, 0.05) is 25.8 Å². The van der Waals surface area contributed by atoms with Crippen molar-refractivity contribution in [3.8, 4) is 0 Å². The maximum atomic E-state index is 12.5. The normalized spacial score (nSPS) is 18.1. The van der Waals surface area contributed by atoms with Crippen LogP contribution >= 0.6 is 0 Å². The van der Waals surface area contributed by atoms with E-state index in [2.05, 4.69) is 10.3 Å². The van der Waals surface area contributed by atoms with Crippen LogP contribution in [0.15, 0.2) is 18.3 Å². The monoisotopic (exact) mass is 319 g/mol. The Labute approximate surface area is 123 Å². The first kappa shape index (κ1) is 16.1. The van der Waals surface area contributed by atoms with E-state index in [1.165, 1.54) is 0 Å². The first-order chi connectivity index (χ1) is 9.89. The summed E-state index contributed by atoms with van der Waals surface area (Å²) in [7, 11) is -4.43. The number of pyridine rings is 1. The molecule has 1 aliphatic heterocycles. The fourth-order valence-electron chi connectivity index (χ4n) is 2.36. The van der Waals surface area contributed by atoms with Crippen LogP contribution in [-0.4, -0.2) is 43.1 Å². The number of sulfonamides is 1. The van der Waals surface area contributed by atoms with Crippen LogP contribution in [0.2, 0.25) is 0 Å². The largest absolute Gasteiger partial charge is 0.370 e. The van der Waals surface area contributed by atoms with Gasteiger partial charge in [-0.05, 0) is 43.4 Å². The molecule has 118 valence electrons. The number of halogens is 2. The zero-order chi connectivity index (χ0) is 15.5. The van der Waals surface area contributed by atoms with Crippen LogP contribution in [0.25, 0.3) is 0 Å². The molecule has 0 bridgehead atoms. The smallest absolute Gasteiger partial charge is 0.350 e. The van der Waals surface area contributed by atoms with Crippen molar-refractivity contribution in [1.82, 2.24) is 9.29 Å². The van der Waals surface area contributed by atoms with Crippen molar-refractivity contribution in [2.75, 3.05) is 25.0 Å². The Balaban J connectivity index is 1.82. The molecule has 0 spiro atoms. The van der Waals surface area contributed by atoms with Crippen molar-refractivity contribution in [3.63, 3.8) is 0 Å². The molecule has 1 aromatic heterocycles. The molecule has 1 aliphatic rings. The fraction of sp³-hybridized carbons (Fsp3) is 0.615. The molecule has 1 aromatic rings. The number of aryl methyl sites for hydroxylation is 1. The zero-order valence-corrected chi connectivity index (χ0v) is 12.6. The van der Waals surface area contributed by atoms with Gasteiger partial charge in [-0.15, -0.1) is 0 Å². The van der Waals surface area contributed by atoms with Crippen LogP contribution < -0.4 is 5.32 Å². The number of anilines is 1. The lowest BCUT2D eigenvalue weighted by Crippen LogP contribution is -2.42. The molecule has 0 saturated carbocycles. The summed E-state index contributed by atoms with van der Waals surface area (Å²) < 4.78 is 48.5. The molecule has 0 atom stereocenters. The Morgan fingerprint density at radius 2 is 2.10 bits per heavy atom. The summed E-state index contributed by atoms with van der Waals surface area (Å²) in [5.74, 6) is -2.29. The van der Waals surface area contributed by atoms with E-state index in [1.54, 1.807) is 6.20 Å². The Kier molecular flexibility index (Phi) is 5.10. The molecule has 1 N–H and O–H groups in total. The number of alkyl halides is 2. The predicted octanol–water partition coefficient (Wildman–Crippen LogP) is 2.07. The molecule has 1 saturated heterocycles. The van der Waals surface area contributed by atoms with Gasteiger partial charge in [-0.1, -0.05) is 0 Å². The highest BCUT2D eigenvalue weighted by atomic mass is 32.2. The summed E-state index contributed by atoms with van der Waals surface area (Å²) in [4.78, 5) is 4.18. The first-order valence-corrected chi connectivity index (χ1v) is 8.33. The van der Waals surface area contributed by atoms with Crippen molar-refractivity contribution in [1.29, 1.82) is 0 Å². The van der Waals surface area contributed by atoms with E-state index in [0.29, 0.717) is 19.4 Å². The topological polar surface area (TPSA) is 62.3 Å². The van der Waals surface area contributed by atoms with Crippen LogP contribution in [0.4, 0.5) is 14.6 Å². The molecule has 0 aromatic carbocycles. The second-order valence-corrected chi connectivity index (χ2v) is 7.15. The van der Waals surface area contributed by atoms with Crippen molar-refractivity contribution < 1.29 is 17.2 Å². The van der Waals surface area contributed by atoms with Gasteiger partial charge in [0.05, 0.1) is 0 Å². The molecule has 0 aliphatic carbocycles. The van der Waals surface area contributed by atoms with Gasteiger partial charge in [0.15, 0.2) is 0 Å². The molecule has 2 heterocycles. The number of aromatic nitrogens is 1. The quantitative estimate of drug-likeness (QED) is 0.902. The maximum Gasteiger partial charge on any atom is 0.350 e. The molecule has 5 nitrogen and oxygen atoms in total. The predicted molar refractivity (Wildman–Crippen MR) is 76.7 cm³/mol. The fourth-order valence-corrected chi connectivity index (χ4v) is 3.31. The molecule has 0 unspecified atom stereocenters. The number of hydrogen-bond donors (Lipinski definition) is 1. The lowest BCUT2D eigenvalue weighted by Gasteiger charge is -2.31. The van der Waals surface area contributed by atoms with E-state index >= 15 is 0 Å². The number of nitrogens with one attached hydrogen (secondary N) is 1. The van der Waals surface area contributed by atoms with E-state index in [-0.39, 0.29) is 19.0 Å². The third-order valence-corrected chi connectivity index (χ3v) is 5.18. The van der Waals surface area contributed by atoms with Gasteiger partial charge in [0.25, 0.3) is 10.0 Å². The second-order valence-electron chi connectivity index (χ2n) is 5.25. The van der Waals surface area contributed by atoms with Gasteiger partial charge in [-0.3, -0.25) is 0 Å². The van der Waals surface area contributed by atoms with Gasteiger partial charge >= 0.3 is 5.76 Å². The number of nitrogens with zero attached hydrogens (tertiary/aromatic N) is 2. The van der Waals surface area contributed by atoms with E-state index < -0.39 is 15.8 Å². The molecule has 8 heteroatoms. The van der Waals surface area contributed by atoms with Gasteiger partial charge < -0.3 is 5.32 Å². The summed E-state index contributed by atoms with van der Waals surface area (Å²) in [6.45, 7) is 2.94. The Morgan fingerprint density at radius 3 is 2.67 bits per heavy atom. The Bertz CT molecular complexity index is 573. The van der Waals surface area contributed by atoms with Gasteiger partial charge in [-0.2, -0.15) is 13.1 Å². The summed E-state index contributed by atoms with van der Waals surface area (Å²) >= 11 is 0. The Hall–Kier alpha value is -1.28. The van der Waals surface area contributed by atoms with Crippen LogP contribution in [-0.2, 0) is 10.0 Å². The van der Waals surface area contributed by atoms with Crippen molar-refractivity contribution in [2.45, 2.75) is 25.5 Å². The highest BCUT2D eigenvalue weighted by molar-refractivity contribution is 7.89. The average Bonchev–Trinajstić information content (AvgIpc) is 2.45. The third kappa shape index (κ3) is 4.10. The lowest BCUT2D eigenvalue weighted by atomic mass is 9.98. The van der Waals surface area contributed by atoms with E-state index in [1.807, 2.05) is 19.1 Å². The van der Waals surface area contributed by atoms with Gasteiger partial charge in [0.2, 0.25) is 0 Å². The average molecular weight is 319 g/mol. The van der Waals surface area contributed by atoms with Crippen LogP contribution in [0.1, 0.15) is 18.4 Å². The van der Waals surface area contributed by atoms with E-state index in [4.69, 9.17) is 0 Å². The number of piperidine rings is 1. The highest BCUT2D eigenvalue weighted by Crippen LogP contribution is 2.22. The SMILES string of the molecule is Cc1ccnc(NCC2CCN(S(=O)(=O)C(F)F)CC2)c1. The van der Waals surface area contributed by atoms with Crippen molar-refractivity contribution >= 4 is 15.8 Å². The lowest BCUT2D eigenvalue weighted by molar-refractivity contribution is 0.205. The van der Waals surface area contributed by atoms with Gasteiger partial charge in [-0.25, -0.2) is 13.4 Å². The second kappa shape index (κ2) is 6.65. The molecule has 1 fully saturated rings. The molecule has 2 rings (SSSR count). The van der Waals surface area contributed by atoms with Crippen LogP contribution in [0.3, 0.4) is 0 Å². The zero-order valence-electron chi connectivity index (χ0n) is 11.8. The molecule has 0 radical (unpaired) electrons. The highest BCUT2D eigenvalue weighted by Gasteiger charge is 2.34. The van der Waals surface area contributed by atoms with Crippen LogP contribution in [0, 0.1) is 12.8 Å². The van der Waals surface area contributed by atoms with E-state index in [9.17, 15) is 17.2 Å². The molecular formula is C13H19F2N3O2S.